The maximum Gasteiger partial charge on any atom is 0.387 e. The Morgan fingerprint density at radius 1 is 1.32 bits per heavy atom. The number of halogens is 3. The lowest BCUT2D eigenvalue weighted by molar-refractivity contribution is -0.0497. The highest BCUT2D eigenvalue weighted by atomic mass is 35.5. The molecule has 2 nitrogen and oxygen atoms in total. The van der Waals surface area contributed by atoms with Gasteiger partial charge in [-0.2, -0.15) is 8.78 Å². The Balaban J connectivity index is 2.07. The molecule has 1 aromatic heterocycles. The van der Waals surface area contributed by atoms with Gasteiger partial charge in [-0.25, -0.2) is 0 Å². The quantitative estimate of drug-likeness (QED) is 0.822. The van der Waals surface area contributed by atoms with E-state index in [4.69, 9.17) is 11.6 Å². The van der Waals surface area contributed by atoms with Crippen molar-refractivity contribution in [2.45, 2.75) is 19.6 Å². The maximum absolute atomic E-state index is 12.1. The predicted octanol–water partition coefficient (Wildman–Crippen LogP) is 5.18. The number of thiophene rings is 1. The zero-order valence-corrected chi connectivity index (χ0v) is 11.6. The van der Waals surface area contributed by atoms with E-state index >= 15 is 0 Å². The van der Waals surface area contributed by atoms with Gasteiger partial charge in [0.1, 0.15) is 5.75 Å². The van der Waals surface area contributed by atoms with Gasteiger partial charge >= 0.3 is 6.61 Å². The first-order chi connectivity index (χ1) is 9.06. The molecule has 6 heteroatoms. The minimum absolute atomic E-state index is 0.0222. The third-order valence-corrected chi connectivity index (χ3v) is 3.85. The first-order valence-electron chi connectivity index (χ1n) is 5.60. The van der Waals surface area contributed by atoms with Crippen LogP contribution in [-0.2, 0) is 0 Å². The first-order valence-corrected chi connectivity index (χ1v) is 6.86. The van der Waals surface area contributed by atoms with Gasteiger partial charge in [-0.15, -0.1) is 11.3 Å². The molecule has 2 rings (SSSR count). The lowest BCUT2D eigenvalue weighted by atomic mass is 10.2. The maximum atomic E-state index is 12.1. The summed E-state index contributed by atoms with van der Waals surface area (Å²) >= 11 is 7.53. The van der Waals surface area contributed by atoms with Crippen molar-refractivity contribution in [1.82, 2.24) is 0 Å². The van der Waals surface area contributed by atoms with Crippen molar-refractivity contribution in [3.8, 4) is 5.75 Å². The highest BCUT2D eigenvalue weighted by Gasteiger charge is 2.11. The largest absolute Gasteiger partial charge is 0.433 e. The van der Waals surface area contributed by atoms with Gasteiger partial charge < -0.3 is 10.1 Å². The van der Waals surface area contributed by atoms with Crippen LogP contribution in [0.5, 0.6) is 5.75 Å². The zero-order valence-electron chi connectivity index (χ0n) is 10.1. The van der Waals surface area contributed by atoms with Crippen LogP contribution in [0.25, 0.3) is 0 Å². The van der Waals surface area contributed by atoms with Crippen molar-refractivity contribution in [2.75, 3.05) is 5.32 Å². The van der Waals surface area contributed by atoms with Crippen molar-refractivity contribution >= 4 is 28.6 Å². The fourth-order valence-corrected chi connectivity index (χ4v) is 2.60. The summed E-state index contributed by atoms with van der Waals surface area (Å²) in [6, 6.07) is 8.79. The Morgan fingerprint density at radius 2 is 2.11 bits per heavy atom. The number of anilines is 1. The molecule has 1 atom stereocenters. The van der Waals surface area contributed by atoms with E-state index in [0.717, 1.165) is 5.69 Å². The van der Waals surface area contributed by atoms with Crippen LogP contribution in [0.3, 0.4) is 0 Å². The van der Waals surface area contributed by atoms with E-state index in [2.05, 4.69) is 10.1 Å². The Labute approximate surface area is 119 Å². The lowest BCUT2D eigenvalue weighted by Gasteiger charge is -2.15. The van der Waals surface area contributed by atoms with Gasteiger partial charge in [0.05, 0.1) is 11.1 Å². The summed E-state index contributed by atoms with van der Waals surface area (Å²) in [4.78, 5) is 1.18. The Morgan fingerprint density at radius 3 is 2.68 bits per heavy atom. The molecule has 1 heterocycles. The van der Waals surface area contributed by atoms with Crippen molar-refractivity contribution in [1.29, 1.82) is 0 Å². The van der Waals surface area contributed by atoms with Crippen LogP contribution in [0.2, 0.25) is 5.02 Å². The molecule has 2 aromatic rings. The highest BCUT2D eigenvalue weighted by Crippen LogP contribution is 2.31. The second-order valence-corrected chi connectivity index (χ2v) is 5.29. The summed E-state index contributed by atoms with van der Waals surface area (Å²) in [5, 5.41) is 5.40. The normalized spacial score (nSPS) is 12.5. The number of ether oxygens (including phenoxy) is 1. The minimum atomic E-state index is -2.87. The summed E-state index contributed by atoms with van der Waals surface area (Å²) in [7, 11) is 0. The van der Waals surface area contributed by atoms with Crippen LogP contribution in [-0.4, -0.2) is 6.61 Å². The number of alkyl halides is 2. The molecule has 1 unspecified atom stereocenters. The molecule has 0 aliphatic rings. The lowest BCUT2D eigenvalue weighted by Crippen LogP contribution is -2.06. The highest BCUT2D eigenvalue weighted by molar-refractivity contribution is 7.10. The number of rotatable bonds is 5. The van der Waals surface area contributed by atoms with E-state index in [1.165, 1.54) is 10.9 Å². The van der Waals surface area contributed by atoms with Crippen LogP contribution in [0, 0.1) is 0 Å². The van der Waals surface area contributed by atoms with Crippen molar-refractivity contribution < 1.29 is 13.5 Å². The van der Waals surface area contributed by atoms with Crippen molar-refractivity contribution in [3.05, 3.63) is 45.6 Å². The Kier molecular flexibility index (Phi) is 4.61. The molecule has 0 amide bonds. The van der Waals surface area contributed by atoms with Gasteiger partial charge in [-0.3, -0.25) is 0 Å². The Hall–Kier alpha value is -1.33. The molecule has 0 bridgehead atoms. The van der Waals surface area contributed by atoms with Crippen LogP contribution >= 0.6 is 22.9 Å². The van der Waals surface area contributed by atoms with Gasteiger partial charge in [-0.1, -0.05) is 17.7 Å². The first kappa shape index (κ1) is 14.1. The Bertz CT molecular complexity index is 533. The predicted molar refractivity (Wildman–Crippen MR) is 74.4 cm³/mol. The van der Waals surface area contributed by atoms with Crippen LogP contribution in [0.1, 0.15) is 17.8 Å². The number of hydrogen-bond acceptors (Lipinski definition) is 3. The molecule has 0 radical (unpaired) electrons. The average Bonchev–Trinajstić information content (AvgIpc) is 2.86. The average molecular weight is 304 g/mol. The fourth-order valence-electron chi connectivity index (χ4n) is 1.64. The molecule has 0 aliphatic heterocycles. The van der Waals surface area contributed by atoms with E-state index in [-0.39, 0.29) is 16.8 Å². The second kappa shape index (κ2) is 6.21. The molecule has 0 aliphatic carbocycles. The summed E-state index contributed by atoms with van der Waals surface area (Å²) in [5.41, 5.74) is 0.757. The fraction of sp³-hybridized carbons (Fsp3) is 0.231. The topological polar surface area (TPSA) is 21.3 Å². The molecule has 0 saturated heterocycles. The molecule has 0 fully saturated rings. The molecule has 1 N–H and O–H groups in total. The van der Waals surface area contributed by atoms with Crippen molar-refractivity contribution in [3.63, 3.8) is 0 Å². The smallest absolute Gasteiger partial charge is 0.387 e. The second-order valence-electron chi connectivity index (χ2n) is 3.91. The molecule has 0 spiro atoms. The number of nitrogens with one attached hydrogen (secondary N) is 1. The van der Waals surface area contributed by atoms with E-state index in [1.807, 2.05) is 24.4 Å². The van der Waals surface area contributed by atoms with E-state index < -0.39 is 6.61 Å². The van der Waals surface area contributed by atoms with E-state index in [0.29, 0.717) is 0 Å². The standard InChI is InChI=1S/C13H12ClF2NOS/c1-8(12-3-2-6-19-12)17-9-4-5-11(10(14)7-9)18-13(15)16/h2-8,13,17H,1H3. The summed E-state index contributed by atoms with van der Waals surface area (Å²) in [5.74, 6) is -0.0222. The molecular formula is C13H12ClF2NOS. The third-order valence-electron chi connectivity index (χ3n) is 2.50. The van der Waals surface area contributed by atoms with E-state index in [9.17, 15) is 8.78 Å². The van der Waals surface area contributed by atoms with Gasteiger partial charge in [0.25, 0.3) is 0 Å². The molecule has 1 aromatic carbocycles. The van der Waals surface area contributed by atoms with Gasteiger partial charge in [0.15, 0.2) is 0 Å². The molecule has 19 heavy (non-hydrogen) atoms. The van der Waals surface area contributed by atoms with Gasteiger partial charge in [-0.05, 0) is 36.6 Å². The zero-order chi connectivity index (χ0) is 13.8. The van der Waals surface area contributed by atoms with Crippen molar-refractivity contribution in [2.24, 2.45) is 0 Å². The minimum Gasteiger partial charge on any atom is -0.433 e. The van der Waals surface area contributed by atoms with Crippen LogP contribution in [0.15, 0.2) is 35.7 Å². The van der Waals surface area contributed by atoms with Crippen LogP contribution in [0.4, 0.5) is 14.5 Å². The molecule has 0 saturated carbocycles. The van der Waals surface area contributed by atoms with Gasteiger partial charge in [0.2, 0.25) is 0 Å². The molecular weight excluding hydrogens is 292 g/mol. The summed E-state index contributed by atoms with van der Waals surface area (Å²) < 4.78 is 28.5. The monoisotopic (exact) mass is 303 g/mol. The van der Waals surface area contributed by atoms with E-state index in [1.54, 1.807) is 23.5 Å². The number of hydrogen-bond donors (Lipinski definition) is 1. The number of benzene rings is 1. The third kappa shape index (κ3) is 3.81. The summed E-state index contributed by atoms with van der Waals surface area (Å²) in [6.07, 6.45) is 0. The molecule has 102 valence electrons. The van der Waals surface area contributed by atoms with Crippen LogP contribution < -0.4 is 10.1 Å². The van der Waals surface area contributed by atoms with Gasteiger partial charge in [0, 0.05) is 10.6 Å². The summed E-state index contributed by atoms with van der Waals surface area (Å²) in [6.45, 7) is -0.857. The SMILES string of the molecule is CC(Nc1ccc(OC(F)F)c(Cl)c1)c1cccs1.